The van der Waals surface area contributed by atoms with Crippen LogP contribution >= 0.6 is 11.3 Å². The standard InChI is InChI=1S/C17H11N5S/c18-9-11(17-20-13-4-1-2-5-14(13)21-17)8-12-10-19-22-16(12)15-6-3-7-23-15/h1-8,10H,(H,19,22)(H,20,21)/b11-8+. The molecule has 0 spiro atoms. The van der Waals surface area contributed by atoms with E-state index < -0.39 is 0 Å². The van der Waals surface area contributed by atoms with E-state index in [1.54, 1.807) is 23.6 Å². The Hall–Kier alpha value is -3.17. The Bertz CT molecular complexity index is 998. The van der Waals surface area contributed by atoms with Crippen LogP contribution in [0.3, 0.4) is 0 Å². The van der Waals surface area contributed by atoms with Gasteiger partial charge in [-0.15, -0.1) is 11.3 Å². The van der Waals surface area contributed by atoms with Gasteiger partial charge in [-0.25, -0.2) is 4.98 Å². The van der Waals surface area contributed by atoms with Crippen molar-refractivity contribution in [3.8, 4) is 16.6 Å². The van der Waals surface area contributed by atoms with Gasteiger partial charge in [-0.1, -0.05) is 18.2 Å². The Morgan fingerprint density at radius 2 is 2.13 bits per heavy atom. The Balaban J connectivity index is 1.80. The van der Waals surface area contributed by atoms with Crippen LogP contribution in [0, 0.1) is 11.3 Å². The minimum Gasteiger partial charge on any atom is -0.337 e. The molecule has 110 valence electrons. The van der Waals surface area contributed by atoms with Gasteiger partial charge in [0.25, 0.3) is 0 Å². The van der Waals surface area contributed by atoms with E-state index in [2.05, 4.69) is 26.2 Å². The zero-order chi connectivity index (χ0) is 15.6. The van der Waals surface area contributed by atoms with Crippen molar-refractivity contribution in [2.45, 2.75) is 0 Å². The number of nitrogens with one attached hydrogen (secondary N) is 2. The topological polar surface area (TPSA) is 81.2 Å². The molecule has 5 nitrogen and oxygen atoms in total. The number of aromatic nitrogens is 4. The molecule has 0 aliphatic heterocycles. The molecule has 4 aromatic rings. The van der Waals surface area contributed by atoms with Crippen molar-refractivity contribution in [1.29, 1.82) is 5.26 Å². The maximum absolute atomic E-state index is 9.52. The second-order valence-corrected chi connectivity index (χ2v) is 5.90. The van der Waals surface area contributed by atoms with E-state index in [1.165, 1.54) is 0 Å². The van der Waals surface area contributed by atoms with E-state index in [9.17, 15) is 5.26 Å². The zero-order valence-corrected chi connectivity index (χ0v) is 12.8. The second-order valence-electron chi connectivity index (χ2n) is 4.95. The number of imidazole rings is 1. The first-order valence-corrected chi connectivity index (χ1v) is 7.87. The number of nitriles is 1. The highest BCUT2D eigenvalue weighted by molar-refractivity contribution is 7.13. The zero-order valence-electron chi connectivity index (χ0n) is 11.9. The first-order chi connectivity index (χ1) is 11.3. The SMILES string of the molecule is N#C/C(=C\c1cn[nH]c1-c1cccs1)c1nc2ccccc2[nH]1. The molecule has 2 N–H and O–H groups in total. The van der Waals surface area contributed by atoms with Gasteiger partial charge >= 0.3 is 0 Å². The number of H-pyrrole nitrogens is 2. The first kappa shape index (κ1) is 13.5. The molecule has 0 bridgehead atoms. The number of hydrogen-bond donors (Lipinski definition) is 2. The second kappa shape index (κ2) is 5.55. The van der Waals surface area contributed by atoms with E-state index in [0.29, 0.717) is 11.4 Å². The molecule has 0 atom stereocenters. The van der Waals surface area contributed by atoms with Gasteiger partial charge in [0.15, 0.2) is 0 Å². The fourth-order valence-electron chi connectivity index (χ4n) is 2.41. The van der Waals surface area contributed by atoms with Crippen LogP contribution in [0.2, 0.25) is 0 Å². The average Bonchev–Trinajstić information content (AvgIpc) is 3.30. The lowest BCUT2D eigenvalue weighted by Crippen LogP contribution is -1.85. The van der Waals surface area contributed by atoms with Crippen molar-refractivity contribution < 1.29 is 0 Å². The molecule has 0 unspecified atom stereocenters. The number of thiophene rings is 1. The van der Waals surface area contributed by atoms with E-state index >= 15 is 0 Å². The van der Waals surface area contributed by atoms with Crippen molar-refractivity contribution in [3.05, 3.63) is 59.4 Å². The molecule has 0 fully saturated rings. The summed E-state index contributed by atoms with van der Waals surface area (Å²) in [5.74, 6) is 0.562. The van der Waals surface area contributed by atoms with E-state index in [-0.39, 0.29) is 0 Å². The van der Waals surface area contributed by atoms with Crippen LogP contribution in [0.15, 0.2) is 48.0 Å². The van der Waals surface area contributed by atoms with Crippen molar-refractivity contribution in [1.82, 2.24) is 20.2 Å². The third kappa shape index (κ3) is 2.43. The number of para-hydroxylation sites is 2. The van der Waals surface area contributed by atoms with Gasteiger partial charge in [0, 0.05) is 5.56 Å². The van der Waals surface area contributed by atoms with Gasteiger partial charge < -0.3 is 4.98 Å². The fraction of sp³-hybridized carbons (Fsp3) is 0. The van der Waals surface area contributed by atoms with E-state index in [0.717, 1.165) is 27.2 Å². The number of fused-ring (bicyclic) bond motifs is 1. The Kier molecular flexibility index (Phi) is 3.26. The number of allylic oxidation sites excluding steroid dienone is 1. The molecule has 3 aromatic heterocycles. The molecule has 0 saturated heterocycles. The van der Waals surface area contributed by atoms with Crippen molar-refractivity contribution in [3.63, 3.8) is 0 Å². The molecule has 0 radical (unpaired) electrons. The third-order valence-electron chi connectivity index (χ3n) is 3.50. The van der Waals surface area contributed by atoms with Crippen molar-refractivity contribution in [2.24, 2.45) is 0 Å². The highest BCUT2D eigenvalue weighted by atomic mass is 32.1. The predicted molar refractivity (Wildman–Crippen MR) is 91.5 cm³/mol. The number of nitrogens with zero attached hydrogens (tertiary/aromatic N) is 3. The summed E-state index contributed by atoms with van der Waals surface area (Å²) in [5.41, 5.74) is 4.00. The van der Waals surface area contributed by atoms with Gasteiger partial charge in [0.1, 0.15) is 11.9 Å². The smallest absolute Gasteiger partial charge is 0.149 e. The maximum Gasteiger partial charge on any atom is 0.149 e. The Morgan fingerprint density at radius 1 is 1.22 bits per heavy atom. The lowest BCUT2D eigenvalue weighted by atomic mass is 10.1. The molecule has 4 rings (SSSR count). The predicted octanol–water partition coefficient (Wildman–Crippen LogP) is 4.08. The highest BCUT2D eigenvalue weighted by Gasteiger charge is 2.11. The van der Waals surface area contributed by atoms with Crippen LogP contribution in [-0.2, 0) is 0 Å². The molecular weight excluding hydrogens is 306 g/mol. The first-order valence-electron chi connectivity index (χ1n) is 6.99. The minimum absolute atomic E-state index is 0.473. The van der Waals surface area contributed by atoms with Crippen molar-refractivity contribution in [2.75, 3.05) is 0 Å². The van der Waals surface area contributed by atoms with Gasteiger partial charge in [-0.05, 0) is 29.7 Å². The molecule has 0 aliphatic rings. The van der Waals surface area contributed by atoms with Gasteiger partial charge in [0.2, 0.25) is 0 Å². The number of benzene rings is 1. The molecule has 6 heteroatoms. The lowest BCUT2D eigenvalue weighted by molar-refractivity contribution is 1.10. The number of aromatic amines is 2. The maximum atomic E-state index is 9.52. The average molecular weight is 317 g/mol. The Morgan fingerprint density at radius 3 is 2.91 bits per heavy atom. The summed E-state index contributed by atoms with van der Waals surface area (Å²) in [6.07, 6.45) is 3.52. The lowest BCUT2D eigenvalue weighted by Gasteiger charge is -1.96. The molecular formula is C17H11N5S. The van der Waals surface area contributed by atoms with Crippen LogP contribution < -0.4 is 0 Å². The largest absolute Gasteiger partial charge is 0.337 e. The Labute approximate surface area is 135 Å². The summed E-state index contributed by atoms with van der Waals surface area (Å²) in [6.45, 7) is 0. The summed E-state index contributed by atoms with van der Waals surface area (Å²) in [6, 6.07) is 13.9. The summed E-state index contributed by atoms with van der Waals surface area (Å²) < 4.78 is 0. The third-order valence-corrected chi connectivity index (χ3v) is 4.39. The summed E-state index contributed by atoms with van der Waals surface area (Å²) in [5, 5.41) is 18.6. The van der Waals surface area contributed by atoms with E-state index in [1.807, 2.05) is 41.8 Å². The summed E-state index contributed by atoms with van der Waals surface area (Å²) in [7, 11) is 0. The molecule has 3 heterocycles. The number of rotatable bonds is 3. The van der Waals surface area contributed by atoms with Gasteiger partial charge in [-0.2, -0.15) is 10.4 Å². The number of hydrogen-bond acceptors (Lipinski definition) is 4. The quantitative estimate of drug-likeness (QED) is 0.559. The van der Waals surface area contributed by atoms with Crippen LogP contribution in [0.5, 0.6) is 0 Å². The molecule has 1 aromatic carbocycles. The van der Waals surface area contributed by atoms with Crippen molar-refractivity contribution >= 4 is 34.0 Å². The normalized spacial score (nSPS) is 11.7. The summed E-state index contributed by atoms with van der Waals surface area (Å²) in [4.78, 5) is 8.75. The van der Waals surface area contributed by atoms with Crippen LogP contribution in [0.1, 0.15) is 11.4 Å². The van der Waals surface area contributed by atoms with Gasteiger partial charge in [0.05, 0.1) is 33.4 Å². The molecule has 23 heavy (non-hydrogen) atoms. The van der Waals surface area contributed by atoms with E-state index in [4.69, 9.17) is 0 Å². The summed E-state index contributed by atoms with van der Waals surface area (Å²) >= 11 is 1.62. The molecule has 0 saturated carbocycles. The molecule has 0 aliphatic carbocycles. The van der Waals surface area contributed by atoms with Crippen LogP contribution in [0.25, 0.3) is 33.3 Å². The molecule has 0 amide bonds. The fourth-order valence-corrected chi connectivity index (χ4v) is 3.15. The van der Waals surface area contributed by atoms with Gasteiger partial charge in [-0.3, -0.25) is 5.10 Å². The minimum atomic E-state index is 0.473. The monoisotopic (exact) mass is 317 g/mol. The van der Waals surface area contributed by atoms with Crippen LogP contribution in [0.4, 0.5) is 0 Å². The highest BCUT2D eigenvalue weighted by Crippen LogP contribution is 2.28. The van der Waals surface area contributed by atoms with Crippen LogP contribution in [-0.4, -0.2) is 20.2 Å².